The molecule has 11 nitrogen and oxygen atoms in total. The third-order valence-electron chi connectivity index (χ3n) is 9.90. The number of rotatable bonds is 38. The van der Waals surface area contributed by atoms with Crippen molar-refractivity contribution in [1.29, 1.82) is 0 Å². The zero-order valence-electron chi connectivity index (χ0n) is 34.6. The second-order valence-electron chi connectivity index (χ2n) is 15.5. The molecule has 0 saturated heterocycles. The SMILES string of the molecule is CCCCCCCCCCCC(=O)OCC(CSCC(N)C(=O)NC1(COCCCP(=O)(O)OC(C)CC)CC1)OC(=O)CCCCCCCCCCC. The molecule has 1 fully saturated rings. The summed E-state index contributed by atoms with van der Waals surface area (Å²) in [6.07, 6.45) is 23.4. The van der Waals surface area contributed by atoms with E-state index in [1.165, 1.54) is 88.8 Å². The molecule has 0 heterocycles. The summed E-state index contributed by atoms with van der Waals surface area (Å²) in [4.78, 5) is 48.2. The third-order valence-corrected chi connectivity index (χ3v) is 12.7. The summed E-state index contributed by atoms with van der Waals surface area (Å²) >= 11 is 1.40. The molecule has 54 heavy (non-hydrogen) atoms. The van der Waals surface area contributed by atoms with Crippen LogP contribution in [0.15, 0.2) is 0 Å². The van der Waals surface area contributed by atoms with Crippen LogP contribution in [0.2, 0.25) is 0 Å². The normalized spacial score (nSPS) is 16.3. The van der Waals surface area contributed by atoms with Crippen LogP contribution in [0.25, 0.3) is 0 Å². The molecule has 4 atom stereocenters. The molecule has 0 spiro atoms. The van der Waals surface area contributed by atoms with Gasteiger partial charge in [-0.15, -0.1) is 0 Å². The van der Waals surface area contributed by atoms with Crippen LogP contribution in [0.1, 0.15) is 182 Å². The number of amides is 1. The van der Waals surface area contributed by atoms with Crippen molar-refractivity contribution in [3.63, 3.8) is 0 Å². The number of hydrogen-bond donors (Lipinski definition) is 3. The Hall–Kier alpha value is -1.17. The van der Waals surface area contributed by atoms with Gasteiger partial charge in [0, 0.05) is 31.0 Å². The Kier molecular flexibility index (Phi) is 30.0. The van der Waals surface area contributed by atoms with Gasteiger partial charge < -0.3 is 34.7 Å². The molecule has 4 N–H and O–H groups in total. The minimum absolute atomic E-state index is 0.00978. The lowest BCUT2D eigenvalue weighted by Crippen LogP contribution is -2.49. The van der Waals surface area contributed by atoms with Crippen molar-refractivity contribution in [3.05, 3.63) is 0 Å². The first kappa shape index (κ1) is 50.8. The van der Waals surface area contributed by atoms with Gasteiger partial charge >= 0.3 is 19.5 Å². The van der Waals surface area contributed by atoms with Gasteiger partial charge in [0.15, 0.2) is 0 Å². The second kappa shape index (κ2) is 31.9. The number of esters is 2. The molecule has 0 aliphatic heterocycles. The average molecular weight is 807 g/mol. The summed E-state index contributed by atoms with van der Waals surface area (Å²) in [5, 5.41) is 3.03. The van der Waals surface area contributed by atoms with Crippen LogP contribution < -0.4 is 11.1 Å². The van der Waals surface area contributed by atoms with Crippen molar-refractivity contribution in [2.75, 3.05) is 37.5 Å². The number of ether oxygens (including phenoxy) is 3. The standard InChI is InChI=1S/C41H79N2O9PS/c1-5-8-10-12-14-16-18-20-22-25-38(44)50-31-36(51-39(45)26-23-21-19-17-15-13-11-9-6-2)32-54-33-37(42)40(46)43-41(27-28-41)34-49-29-24-30-53(47,48)52-35(4)7-3/h35-37H,5-34,42H2,1-4H3,(H,43,46)(H,47,48). The summed E-state index contributed by atoms with van der Waals surface area (Å²) in [6, 6.07) is -0.780. The van der Waals surface area contributed by atoms with Crippen molar-refractivity contribution in [2.24, 2.45) is 5.73 Å². The van der Waals surface area contributed by atoms with E-state index in [0.29, 0.717) is 43.8 Å². The second-order valence-corrected chi connectivity index (χ2v) is 18.5. The molecule has 13 heteroatoms. The van der Waals surface area contributed by atoms with Crippen molar-refractivity contribution >= 4 is 37.2 Å². The van der Waals surface area contributed by atoms with Crippen LogP contribution in [0, 0.1) is 0 Å². The highest BCUT2D eigenvalue weighted by Gasteiger charge is 2.45. The van der Waals surface area contributed by atoms with Crippen molar-refractivity contribution in [3.8, 4) is 0 Å². The van der Waals surface area contributed by atoms with E-state index in [-0.39, 0.29) is 43.3 Å². The average Bonchev–Trinajstić information content (AvgIpc) is 3.90. The molecular weight excluding hydrogens is 727 g/mol. The fourth-order valence-corrected chi connectivity index (χ4v) is 8.35. The summed E-state index contributed by atoms with van der Waals surface area (Å²) in [5.41, 5.74) is 5.79. The van der Waals surface area contributed by atoms with Crippen LogP contribution >= 0.6 is 19.4 Å². The Balaban J connectivity index is 2.46. The monoisotopic (exact) mass is 807 g/mol. The number of unbranched alkanes of at least 4 members (excludes halogenated alkanes) is 16. The molecule has 1 rings (SSSR count). The van der Waals surface area contributed by atoms with E-state index in [0.717, 1.165) is 51.4 Å². The topological polar surface area (TPSA) is 163 Å². The minimum Gasteiger partial charge on any atom is -0.462 e. The Morgan fingerprint density at radius 3 is 1.81 bits per heavy atom. The van der Waals surface area contributed by atoms with E-state index in [2.05, 4.69) is 19.2 Å². The maximum absolute atomic E-state index is 13.0. The van der Waals surface area contributed by atoms with Gasteiger partial charge in [0.2, 0.25) is 5.91 Å². The Morgan fingerprint density at radius 1 is 0.778 bits per heavy atom. The number of carbonyl (C=O) groups excluding carboxylic acids is 3. The maximum Gasteiger partial charge on any atom is 0.328 e. The molecule has 318 valence electrons. The third kappa shape index (κ3) is 28.3. The van der Waals surface area contributed by atoms with E-state index in [9.17, 15) is 23.8 Å². The number of nitrogens with one attached hydrogen (secondary N) is 1. The predicted octanol–water partition coefficient (Wildman–Crippen LogP) is 9.40. The van der Waals surface area contributed by atoms with Crippen LogP contribution in [-0.4, -0.2) is 84.0 Å². The zero-order valence-corrected chi connectivity index (χ0v) is 36.3. The van der Waals surface area contributed by atoms with Crippen LogP contribution in [0.3, 0.4) is 0 Å². The molecule has 0 aromatic carbocycles. The largest absolute Gasteiger partial charge is 0.462 e. The Bertz CT molecular complexity index is 1030. The molecule has 4 unspecified atom stereocenters. The van der Waals surface area contributed by atoms with Gasteiger partial charge in [-0.05, 0) is 45.4 Å². The highest BCUT2D eigenvalue weighted by Crippen LogP contribution is 2.44. The van der Waals surface area contributed by atoms with Crippen LogP contribution in [-0.2, 0) is 37.7 Å². The summed E-state index contributed by atoms with van der Waals surface area (Å²) in [5.74, 6) is -0.179. The molecule has 1 aliphatic carbocycles. The molecule has 0 bridgehead atoms. The molecule has 1 saturated carbocycles. The maximum atomic E-state index is 13.0. The summed E-state index contributed by atoms with van der Waals surface area (Å²) in [7, 11) is -3.65. The highest BCUT2D eigenvalue weighted by molar-refractivity contribution is 7.99. The molecular formula is C41H79N2O9PS. The zero-order chi connectivity index (χ0) is 39.9. The van der Waals surface area contributed by atoms with E-state index in [1.54, 1.807) is 6.92 Å². The van der Waals surface area contributed by atoms with E-state index in [1.807, 2.05) is 6.92 Å². The molecule has 0 aromatic rings. The highest BCUT2D eigenvalue weighted by atomic mass is 32.2. The van der Waals surface area contributed by atoms with Crippen molar-refractivity contribution in [2.45, 2.75) is 206 Å². The van der Waals surface area contributed by atoms with E-state index >= 15 is 0 Å². The lowest BCUT2D eigenvalue weighted by atomic mass is 10.1. The number of nitrogens with two attached hydrogens (primary N) is 1. The van der Waals surface area contributed by atoms with Gasteiger partial charge in [-0.2, -0.15) is 11.8 Å². The smallest absolute Gasteiger partial charge is 0.328 e. The van der Waals surface area contributed by atoms with Gasteiger partial charge in [-0.25, -0.2) is 0 Å². The van der Waals surface area contributed by atoms with E-state index in [4.69, 9.17) is 24.5 Å². The Morgan fingerprint density at radius 2 is 1.30 bits per heavy atom. The fourth-order valence-electron chi connectivity index (χ4n) is 6.03. The number of carbonyl (C=O) groups is 3. The van der Waals surface area contributed by atoms with Crippen molar-refractivity contribution in [1.82, 2.24) is 5.32 Å². The number of hydrogen-bond acceptors (Lipinski definition) is 10. The first-order chi connectivity index (χ1) is 26.0. The molecule has 0 radical (unpaired) electrons. The molecule has 1 amide bonds. The lowest BCUT2D eigenvalue weighted by molar-refractivity contribution is -0.157. The quantitative estimate of drug-likeness (QED) is 0.0309. The van der Waals surface area contributed by atoms with Gasteiger partial charge in [-0.1, -0.05) is 124 Å². The van der Waals surface area contributed by atoms with Gasteiger partial charge in [0.05, 0.1) is 30.5 Å². The predicted molar refractivity (Wildman–Crippen MR) is 221 cm³/mol. The lowest BCUT2D eigenvalue weighted by Gasteiger charge is -2.22. The first-order valence-electron chi connectivity index (χ1n) is 21.5. The summed E-state index contributed by atoms with van der Waals surface area (Å²) < 4.78 is 34.5. The van der Waals surface area contributed by atoms with Gasteiger partial charge in [0.25, 0.3) is 0 Å². The summed E-state index contributed by atoms with van der Waals surface area (Å²) in [6.45, 7) is 8.70. The van der Waals surface area contributed by atoms with Crippen LogP contribution in [0.5, 0.6) is 0 Å². The number of thioether (sulfide) groups is 1. The Labute approximate surface area is 333 Å². The van der Waals surface area contributed by atoms with Crippen LogP contribution in [0.4, 0.5) is 0 Å². The minimum atomic E-state index is -3.65. The van der Waals surface area contributed by atoms with Crippen molar-refractivity contribution < 1.29 is 42.6 Å². The first-order valence-corrected chi connectivity index (χ1v) is 24.5. The van der Waals surface area contributed by atoms with E-state index < -0.39 is 25.3 Å². The fraction of sp³-hybridized carbons (Fsp3) is 0.927. The van der Waals surface area contributed by atoms with Gasteiger partial charge in [0.1, 0.15) is 12.7 Å². The molecule has 1 aliphatic rings. The molecule has 0 aromatic heterocycles. The van der Waals surface area contributed by atoms with Gasteiger partial charge in [-0.3, -0.25) is 18.9 Å².